The van der Waals surface area contributed by atoms with Crippen molar-refractivity contribution in [2.75, 3.05) is 6.54 Å². The van der Waals surface area contributed by atoms with Crippen LogP contribution in [-0.2, 0) is 4.79 Å². The molecule has 0 saturated carbocycles. The molecule has 1 amide bonds. The first-order valence-corrected chi connectivity index (χ1v) is 5.27. The lowest BCUT2D eigenvalue weighted by atomic mass is 10.1. The minimum absolute atomic E-state index is 0.229. The third-order valence-corrected chi connectivity index (χ3v) is 2.81. The average Bonchev–Trinajstić information content (AvgIpc) is 2.78. The largest absolute Gasteiger partial charge is 0.548 e. The predicted octanol–water partition coefficient (Wildman–Crippen LogP) is 0.0411. The van der Waals surface area contributed by atoms with Crippen molar-refractivity contribution < 1.29 is 14.7 Å². The summed E-state index contributed by atoms with van der Waals surface area (Å²) in [6, 6.07) is 7.94. The fourth-order valence-electron chi connectivity index (χ4n) is 2.00. The van der Waals surface area contributed by atoms with Crippen molar-refractivity contribution in [3.05, 3.63) is 35.9 Å². The van der Waals surface area contributed by atoms with Crippen LogP contribution in [0.3, 0.4) is 0 Å². The summed E-state index contributed by atoms with van der Waals surface area (Å²) in [7, 11) is 0. The number of hydrogen-bond donors (Lipinski definition) is 0. The van der Waals surface area contributed by atoms with Crippen molar-refractivity contribution >= 4 is 11.9 Å². The third-order valence-electron chi connectivity index (χ3n) is 2.81. The second-order valence-electron chi connectivity index (χ2n) is 3.84. The number of carboxylic acids is 1. The van der Waals surface area contributed by atoms with E-state index in [9.17, 15) is 14.7 Å². The molecule has 1 saturated heterocycles. The summed E-state index contributed by atoms with van der Waals surface area (Å²) in [5.41, 5.74) is 0.524. The number of carbonyl (C=O) groups is 2. The van der Waals surface area contributed by atoms with Crippen molar-refractivity contribution in [3.63, 3.8) is 0 Å². The van der Waals surface area contributed by atoms with Crippen LogP contribution in [0, 0.1) is 0 Å². The number of carboxylic acid groups (broad SMARTS) is 1. The number of aliphatic carboxylic acids is 1. The molecule has 0 aliphatic carbocycles. The van der Waals surface area contributed by atoms with E-state index in [4.69, 9.17) is 0 Å². The van der Waals surface area contributed by atoms with Crippen LogP contribution in [-0.4, -0.2) is 29.4 Å². The molecule has 1 aliphatic heterocycles. The monoisotopic (exact) mass is 218 g/mol. The summed E-state index contributed by atoms with van der Waals surface area (Å²) < 4.78 is 0. The molecule has 0 bridgehead atoms. The molecule has 4 nitrogen and oxygen atoms in total. The normalized spacial score (nSPS) is 19.8. The molecule has 1 fully saturated rings. The van der Waals surface area contributed by atoms with Crippen LogP contribution in [0.15, 0.2) is 30.3 Å². The van der Waals surface area contributed by atoms with Crippen molar-refractivity contribution in [2.24, 2.45) is 0 Å². The Bertz CT molecular complexity index is 402. The molecule has 1 heterocycles. The van der Waals surface area contributed by atoms with E-state index in [1.807, 2.05) is 6.07 Å². The fourth-order valence-corrected chi connectivity index (χ4v) is 2.00. The van der Waals surface area contributed by atoms with E-state index in [-0.39, 0.29) is 5.91 Å². The number of benzene rings is 1. The summed E-state index contributed by atoms with van der Waals surface area (Å²) in [6.45, 7) is 0.492. The van der Waals surface area contributed by atoms with E-state index in [0.29, 0.717) is 18.5 Å². The minimum Gasteiger partial charge on any atom is -0.548 e. The molecule has 2 rings (SSSR count). The van der Waals surface area contributed by atoms with Gasteiger partial charge >= 0.3 is 0 Å². The maximum absolute atomic E-state index is 12.0. The number of hydrogen-bond acceptors (Lipinski definition) is 3. The summed E-state index contributed by atoms with van der Waals surface area (Å²) in [5.74, 6) is -1.39. The fraction of sp³-hybridized carbons (Fsp3) is 0.333. The third kappa shape index (κ3) is 1.91. The Hall–Kier alpha value is -1.84. The topological polar surface area (TPSA) is 60.4 Å². The Morgan fingerprint density at radius 1 is 1.25 bits per heavy atom. The van der Waals surface area contributed by atoms with Gasteiger partial charge in [0.2, 0.25) is 0 Å². The molecule has 16 heavy (non-hydrogen) atoms. The Balaban J connectivity index is 2.19. The quantitative estimate of drug-likeness (QED) is 0.704. The van der Waals surface area contributed by atoms with Gasteiger partial charge in [-0.15, -0.1) is 0 Å². The van der Waals surface area contributed by atoms with Gasteiger partial charge in [0.15, 0.2) is 0 Å². The van der Waals surface area contributed by atoms with Crippen molar-refractivity contribution in [3.8, 4) is 0 Å². The van der Waals surface area contributed by atoms with Crippen molar-refractivity contribution in [2.45, 2.75) is 18.9 Å². The second-order valence-corrected chi connectivity index (χ2v) is 3.84. The number of nitrogens with zero attached hydrogens (tertiary/aromatic N) is 1. The van der Waals surface area contributed by atoms with Gasteiger partial charge in [0, 0.05) is 12.1 Å². The van der Waals surface area contributed by atoms with Crippen LogP contribution in [0.5, 0.6) is 0 Å². The summed E-state index contributed by atoms with van der Waals surface area (Å²) in [5, 5.41) is 10.8. The number of rotatable bonds is 2. The highest BCUT2D eigenvalue weighted by molar-refractivity contribution is 5.96. The molecule has 0 N–H and O–H groups in total. The van der Waals surface area contributed by atoms with Crippen LogP contribution in [0.2, 0.25) is 0 Å². The zero-order chi connectivity index (χ0) is 11.5. The lowest BCUT2D eigenvalue weighted by molar-refractivity contribution is -0.310. The van der Waals surface area contributed by atoms with E-state index in [1.165, 1.54) is 4.90 Å². The van der Waals surface area contributed by atoms with Crippen molar-refractivity contribution in [1.82, 2.24) is 4.90 Å². The zero-order valence-corrected chi connectivity index (χ0v) is 8.76. The predicted molar refractivity (Wildman–Crippen MR) is 55.5 cm³/mol. The molecule has 1 aliphatic rings. The first kappa shape index (κ1) is 10.7. The standard InChI is InChI=1S/C12H13NO3/c14-11(9-5-2-1-3-6-9)13-8-4-7-10(13)12(15)16/h1-3,5-6,10H,4,7-8H2,(H,15,16)/p-1/t10-/m1/s1. The SMILES string of the molecule is O=C([O-])[C@H]1CCCN1C(=O)c1ccccc1. The minimum atomic E-state index is -1.17. The van der Waals surface area contributed by atoms with Crippen LogP contribution in [0.25, 0.3) is 0 Å². The Labute approximate surface area is 93.5 Å². The van der Waals surface area contributed by atoms with Crippen LogP contribution >= 0.6 is 0 Å². The van der Waals surface area contributed by atoms with Gasteiger partial charge in [-0.3, -0.25) is 4.79 Å². The van der Waals surface area contributed by atoms with E-state index in [1.54, 1.807) is 24.3 Å². The van der Waals surface area contributed by atoms with Gasteiger partial charge in [-0.05, 0) is 25.0 Å². The Kier molecular flexibility index (Phi) is 2.90. The van der Waals surface area contributed by atoms with Crippen LogP contribution < -0.4 is 5.11 Å². The van der Waals surface area contributed by atoms with E-state index >= 15 is 0 Å². The summed E-state index contributed by atoms with van der Waals surface area (Å²) in [4.78, 5) is 24.2. The number of likely N-dealkylation sites (tertiary alicyclic amines) is 1. The van der Waals surface area contributed by atoms with Crippen molar-refractivity contribution in [1.29, 1.82) is 0 Å². The maximum Gasteiger partial charge on any atom is 0.254 e. The van der Waals surface area contributed by atoms with Crippen LogP contribution in [0.4, 0.5) is 0 Å². The van der Waals surface area contributed by atoms with Gasteiger partial charge in [-0.25, -0.2) is 0 Å². The molecule has 0 aromatic heterocycles. The Morgan fingerprint density at radius 2 is 1.94 bits per heavy atom. The molecule has 4 heteroatoms. The van der Waals surface area contributed by atoms with Crippen LogP contribution in [0.1, 0.15) is 23.2 Å². The smallest absolute Gasteiger partial charge is 0.254 e. The molecule has 0 unspecified atom stereocenters. The molecule has 0 spiro atoms. The molecular weight excluding hydrogens is 206 g/mol. The second kappa shape index (κ2) is 4.35. The zero-order valence-electron chi connectivity index (χ0n) is 8.76. The van der Waals surface area contributed by atoms with Gasteiger partial charge in [-0.1, -0.05) is 18.2 Å². The van der Waals surface area contributed by atoms with Gasteiger partial charge in [0.1, 0.15) is 0 Å². The number of carbonyl (C=O) groups excluding carboxylic acids is 2. The van der Waals surface area contributed by atoms with Gasteiger partial charge in [-0.2, -0.15) is 0 Å². The number of amides is 1. The van der Waals surface area contributed by atoms with E-state index in [2.05, 4.69) is 0 Å². The lowest BCUT2D eigenvalue weighted by Gasteiger charge is -2.25. The van der Waals surface area contributed by atoms with E-state index in [0.717, 1.165) is 6.42 Å². The highest BCUT2D eigenvalue weighted by Gasteiger charge is 2.29. The molecule has 1 aromatic rings. The summed E-state index contributed by atoms with van der Waals surface area (Å²) >= 11 is 0. The molecule has 1 atom stereocenters. The average molecular weight is 218 g/mol. The first-order valence-electron chi connectivity index (χ1n) is 5.27. The molecule has 84 valence electrons. The lowest BCUT2D eigenvalue weighted by Crippen LogP contribution is -2.46. The highest BCUT2D eigenvalue weighted by atomic mass is 16.4. The van der Waals surface area contributed by atoms with E-state index < -0.39 is 12.0 Å². The maximum atomic E-state index is 12.0. The Morgan fingerprint density at radius 3 is 2.56 bits per heavy atom. The molecule has 0 radical (unpaired) electrons. The highest BCUT2D eigenvalue weighted by Crippen LogP contribution is 2.19. The van der Waals surface area contributed by atoms with Gasteiger partial charge in [0.25, 0.3) is 5.91 Å². The van der Waals surface area contributed by atoms with Gasteiger partial charge in [0.05, 0.1) is 12.0 Å². The summed E-state index contributed by atoms with van der Waals surface area (Å²) in [6.07, 6.45) is 1.21. The van der Waals surface area contributed by atoms with Gasteiger partial charge < -0.3 is 14.8 Å². The molecular formula is C12H12NO3-. The molecule has 1 aromatic carbocycles. The first-order chi connectivity index (χ1) is 7.70.